The van der Waals surface area contributed by atoms with Crippen molar-refractivity contribution in [2.24, 2.45) is 5.92 Å². The predicted octanol–water partition coefficient (Wildman–Crippen LogP) is 5.88. The third kappa shape index (κ3) is 6.52. The van der Waals surface area contributed by atoms with E-state index in [2.05, 4.69) is 13.8 Å². The van der Waals surface area contributed by atoms with E-state index in [-0.39, 0.29) is 12.1 Å². The summed E-state index contributed by atoms with van der Waals surface area (Å²) in [5.74, 6) is 0.418. The highest BCUT2D eigenvalue weighted by molar-refractivity contribution is 6.33. The molecule has 0 radical (unpaired) electrons. The van der Waals surface area contributed by atoms with Gasteiger partial charge in [-0.3, -0.25) is 0 Å². The van der Waals surface area contributed by atoms with E-state index >= 15 is 0 Å². The lowest BCUT2D eigenvalue weighted by atomic mass is 9.93. The number of ether oxygens (including phenoxy) is 1. The molecule has 118 valence electrons. The van der Waals surface area contributed by atoms with Gasteiger partial charge in [0.25, 0.3) is 0 Å². The van der Waals surface area contributed by atoms with Crippen molar-refractivity contribution >= 4 is 17.6 Å². The van der Waals surface area contributed by atoms with Crippen molar-refractivity contribution in [3.63, 3.8) is 0 Å². The summed E-state index contributed by atoms with van der Waals surface area (Å²) in [7, 11) is 0. The first-order chi connectivity index (χ1) is 10.1. The summed E-state index contributed by atoms with van der Waals surface area (Å²) in [5, 5.41) is 0.448. The van der Waals surface area contributed by atoms with Crippen LogP contribution in [0.2, 0.25) is 5.02 Å². The Balaban J connectivity index is 2.41. The van der Waals surface area contributed by atoms with Gasteiger partial charge in [-0.15, -0.1) is 0 Å². The van der Waals surface area contributed by atoms with Crippen molar-refractivity contribution in [2.75, 3.05) is 0 Å². The zero-order valence-corrected chi connectivity index (χ0v) is 14.2. The lowest BCUT2D eigenvalue weighted by molar-refractivity contribution is 0.0310. The number of hydrogen-bond donors (Lipinski definition) is 0. The first-order valence-corrected chi connectivity index (χ1v) is 8.41. The first-order valence-electron chi connectivity index (χ1n) is 8.03. The minimum atomic E-state index is -0.324. The Morgan fingerprint density at radius 2 is 1.90 bits per heavy atom. The quantitative estimate of drug-likeness (QED) is 0.532. The SMILES string of the molecule is CCCCC(CC)CCC(C)OC(=O)c1ccccc1Cl. The lowest BCUT2D eigenvalue weighted by Crippen LogP contribution is -2.16. The van der Waals surface area contributed by atoms with E-state index in [9.17, 15) is 4.79 Å². The lowest BCUT2D eigenvalue weighted by Gasteiger charge is -2.18. The van der Waals surface area contributed by atoms with Crippen LogP contribution in [0.4, 0.5) is 0 Å². The topological polar surface area (TPSA) is 26.3 Å². The van der Waals surface area contributed by atoms with Gasteiger partial charge < -0.3 is 4.74 Å². The molecular formula is C18H27ClO2. The maximum atomic E-state index is 12.1. The molecule has 0 aliphatic heterocycles. The van der Waals surface area contributed by atoms with Crippen LogP contribution in [0.25, 0.3) is 0 Å². The maximum absolute atomic E-state index is 12.1. The Hall–Kier alpha value is -1.02. The molecule has 0 bridgehead atoms. The largest absolute Gasteiger partial charge is 0.459 e. The minimum Gasteiger partial charge on any atom is -0.459 e. The van der Waals surface area contributed by atoms with Crippen LogP contribution in [-0.2, 0) is 4.74 Å². The second-order valence-corrected chi connectivity index (χ2v) is 6.10. The monoisotopic (exact) mass is 310 g/mol. The molecule has 0 aliphatic rings. The summed E-state index contributed by atoms with van der Waals surface area (Å²) in [6.07, 6.45) is 6.97. The third-order valence-electron chi connectivity index (χ3n) is 3.93. The number of hydrogen-bond acceptors (Lipinski definition) is 2. The molecule has 21 heavy (non-hydrogen) atoms. The maximum Gasteiger partial charge on any atom is 0.339 e. The van der Waals surface area contributed by atoms with Crippen LogP contribution < -0.4 is 0 Å². The Kier molecular flexibility index (Phi) is 8.44. The number of esters is 1. The fourth-order valence-electron chi connectivity index (χ4n) is 2.45. The predicted molar refractivity (Wildman–Crippen MR) is 88.9 cm³/mol. The summed E-state index contributed by atoms with van der Waals surface area (Å²) in [4.78, 5) is 12.1. The molecule has 1 rings (SSSR count). The molecule has 0 saturated heterocycles. The number of unbranched alkanes of at least 4 members (excludes halogenated alkanes) is 1. The number of halogens is 1. The van der Waals surface area contributed by atoms with Crippen molar-refractivity contribution in [2.45, 2.75) is 65.4 Å². The summed E-state index contributed by atoms with van der Waals surface area (Å²) < 4.78 is 5.49. The minimum absolute atomic E-state index is 0.0653. The van der Waals surface area contributed by atoms with E-state index in [1.807, 2.05) is 13.0 Å². The van der Waals surface area contributed by atoms with E-state index in [1.165, 1.54) is 25.7 Å². The fourth-order valence-corrected chi connectivity index (χ4v) is 2.66. The summed E-state index contributed by atoms with van der Waals surface area (Å²) in [6, 6.07) is 7.02. The van der Waals surface area contributed by atoms with Crippen LogP contribution in [0.1, 0.15) is 69.7 Å². The van der Waals surface area contributed by atoms with E-state index < -0.39 is 0 Å². The molecule has 0 saturated carbocycles. The van der Waals surface area contributed by atoms with E-state index in [0.717, 1.165) is 18.8 Å². The molecule has 2 atom stereocenters. The summed E-state index contributed by atoms with van der Waals surface area (Å²) >= 11 is 6.01. The van der Waals surface area contributed by atoms with Gasteiger partial charge in [0, 0.05) is 0 Å². The highest BCUT2D eigenvalue weighted by Crippen LogP contribution is 2.21. The molecule has 0 spiro atoms. The van der Waals surface area contributed by atoms with Gasteiger partial charge >= 0.3 is 5.97 Å². The number of benzene rings is 1. The van der Waals surface area contributed by atoms with Crippen LogP contribution in [-0.4, -0.2) is 12.1 Å². The van der Waals surface area contributed by atoms with E-state index in [1.54, 1.807) is 18.2 Å². The van der Waals surface area contributed by atoms with Gasteiger partial charge in [-0.25, -0.2) is 4.79 Å². The normalized spacial score (nSPS) is 13.7. The molecule has 0 aromatic heterocycles. The summed E-state index contributed by atoms with van der Waals surface area (Å²) in [5.41, 5.74) is 0.448. The standard InChI is InChI=1S/C18H27ClO2/c1-4-6-9-15(5-2)13-12-14(3)21-18(20)16-10-7-8-11-17(16)19/h7-8,10-11,14-15H,4-6,9,12-13H2,1-3H3. The molecule has 1 aromatic rings. The van der Waals surface area contributed by atoms with Crippen molar-refractivity contribution in [1.29, 1.82) is 0 Å². The number of carbonyl (C=O) groups excluding carboxylic acids is 1. The first kappa shape index (κ1) is 18.0. The van der Waals surface area contributed by atoms with Crippen LogP contribution >= 0.6 is 11.6 Å². The van der Waals surface area contributed by atoms with Gasteiger partial charge in [0.05, 0.1) is 16.7 Å². The average Bonchev–Trinajstić information content (AvgIpc) is 2.47. The second-order valence-electron chi connectivity index (χ2n) is 5.69. The fraction of sp³-hybridized carbons (Fsp3) is 0.611. The smallest absolute Gasteiger partial charge is 0.339 e. The highest BCUT2D eigenvalue weighted by Gasteiger charge is 2.16. The molecule has 3 heteroatoms. The Labute approximate surface area is 133 Å². The summed E-state index contributed by atoms with van der Waals surface area (Å²) in [6.45, 7) is 6.42. The van der Waals surface area contributed by atoms with Gasteiger partial charge in [-0.05, 0) is 37.8 Å². The molecule has 0 aliphatic carbocycles. The third-order valence-corrected chi connectivity index (χ3v) is 4.26. The second kappa shape index (κ2) is 9.83. The van der Waals surface area contributed by atoms with Gasteiger partial charge in [-0.2, -0.15) is 0 Å². The molecule has 0 heterocycles. The van der Waals surface area contributed by atoms with Gasteiger partial charge in [0.2, 0.25) is 0 Å². The molecular weight excluding hydrogens is 284 g/mol. The Morgan fingerprint density at radius 3 is 2.52 bits per heavy atom. The number of rotatable bonds is 9. The van der Waals surface area contributed by atoms with Crippen LogP contribution in [0.3, 0.4) is 0 Å². The molecule has 1 aromatic carbocycles. The molecule has 0 N–H and O–H groups in total. The molecule has 2 unspecified atom stereocenters. The van der Waals surface area contributed by atoms with Crippen molar-refractivity contribution < 1.29 is 9.53 Å². The van der Waals surface area contributed by atoms with Crippen LogP contribution in [0, 0.1) is 5.92 Å². The van der Waals surface area contributed by atoms with Crippen molar-refractivity contribution in [3.05, 3.63) is 34.9 Å². The molecule has 2 nitrogen and oxygen atoms in total. The average molecular weight is 311 g/mol. The Morgan fingerprint density at radius 1 is 1.19 bits per heavy atom. The van der Waals surface area contributed by atoms with E-state index in [0.29, 0.717) is 10.6 Å². The zero-order chi connectivity index (χ0) is 15.7. The Bertz CT molecular complexity index is 431. The van der Waals surface area contributed by atoms with Gasteiger partial charge in [0.15, 0.2) is 0 Å². The van der Waals surface area contributed by atoms with Crippen molar-refractivity contribution in [1.82, 2.24) is 0 Å². The molecule has 0 amide bonds. The van der Waals surface area contributed by atoms with Crippen LogP contribution in [0.5, 0.6) is 0 Å². The van der Waals surface area contributed by atoms with Gasteiger partial charge in [-0.1, -0.05) is 63.3 Å². The highest BCUT2D eigenvalue weighted by atomic mass is 35.5. The van der Waals surface area contributed by atoms with Crippen LogP contribution in [0.15, 0.2) is 24.3 Å². The van der Waals surface area contributed by atoms with E-state index in [4.69, 9.17) is 16.3 Å². The number of carbonyl (C=O) groups is 1. The zero-order valence-electron chi connectivity index (χ0n) is 13.4. The molecule has 0 fully saturated rings. The van der Waals surface area contributed by atoms with Crippen molar-refractivity contribution in [3.8, 4) is 0 Å². The van der Waals surface area contributed by atoms with Gasteiger partial charge in [0.1, 0.15) is 0 Å².